The van der Waals surface area contributed by atoms with Gasteiger partial charge < -0.3 is 14.6 Å². The first-order valence-electron chi connectivity index (χ1n) is 8.07. The molecular formula is C19H26O3. The van der Waals surface area contributed by atoms with Gasteiger partial charge in [-0.3, -0.25) is 0 Å². The summed E-state index contributed by atoms with van der Waals surface area (Å²) >= 11 is 0. The van der Waals surface area contributed by atoms with Crippen molar-refractivity contribution < 1.29 is 14.6 Å². The zero-order chi connectivity index (χ0) is 16.0. The molecule has 0 aromatic heterocycles. The van der Waals surface area contributed by atoms with Crippen molar-refractivity contribution in [3.05, 3.63) is 47.0 Å². The molecule has 1 fully saturated rings. The van der Waals surface area contributed by atoms with Crippen molar-refractivity contribution in [2.45, 2.75) is 51.9 Å². The Hall–Kier alpha value is -1.16. The van der Waals surface area contributed by atoms with Gasteiger partial charge in [-0.15, -0.1) is 0 Å². The van der Waals surface area contributed by atoms with Gasteiger partial charge in [-0.1, -0.05) is 50.6 Å². The number of allylic oxidation sites excluding steroid dienone is 1. The van der Waals surface area contributed by atoms with Crippen LogP contribution in [0, 0.1) is 5.41 Å². The number of aliphatic hydroxyl groups is 1. The van der Waals surface area contributed by atoms with Crippen LogP contribution in [0.3, 0.4) is 0 Å². The molecule has 2 aliphatic rings. The second-order valence-electron chi connectivity index (χ2n) is 7.53. The van der Waals surface area contributed by atoms with Crippen LogP contribution in [-0.4, -0.2) is 18.3 Å². The molecule has 1 N–H and O–H groups in total. The minimum Gasteiger partial charge on any atom is -0.381 e. The summed E-state index contributed by atoms with van der Waals surface area (Å²) in [7, 11) is 0. The first-order valence-corrected chi connectivity index (χ1v) is 8.07. The van der Waals surface area contributed by atoms with Gasteiger partial charge >= 0.3 is 0 Å². The highest BCUT2D eigenvalue weighted by Crippen LogP contribution is 2.46. The van der Waals surface area contributed by atoms with Gasteiger partial charge in [-0.05, 0) is 36.8 Å². The zero-order valence-corrected chi connectivity index (χ0v) is 14.0. The minimum atomic E-state index is -0.933. The molecule has 3 nitrogen and oxygen atoms in total. The predicted molar refractivity (Wildman–Crippen MR) is 86.4 cm³/mol. The van der Waals surface area contributed by atoms with E-state index < -0.39 is 11.4 Å². The predicted octanol–water partition coefficient (Wildman–Crippen LogP) is 3.86. The van der Waals surface area contributed by atoms with Gasteiger partial charge in [-0.2, -0.15) is 0 Å². The molecule has 0 spiro atoms. The number of hydrogen-bond acceptors (Lipinski definition) is 3. The summed E-state index contributed by atoms with van der Waals surface area (Å²) in [6.45, 7) is 9.70. The van der Waals surface area contributed by atoms with E-state index in [1.165, 1.54) is 5.57 Å². The second-order valence-corrected chi connectivity index (χ2v) is 7.53. The molecule has 3 rings (SSSR count). The molecule has 1 aromatic carbocycles. The topological polar surface area (TPSA) is 38.7 Å². The maximum Gasteiger partial charge on any atom is 0.192 e. The van der Waals surface area contributed by atoms with Crippen LogP contribution < -0.4 is 0 Å². The molecule has 3 heteroatoms. The van der Waals surface area contributed by atoms with E-state index >= 15 is 0 Å². The van der Waals surface area contributed by atoms with Gasteiger partial charge in [0.25, 0.3) is 0 Å². The van der Waals surface area contributed by atoms with E-state index in [2.05, 4.69) is 20.8 Å². The van der Waals surface area contributed by atoms with Crippen molar-refractivity contribution >= 4 is 0 Å². The first kappa shape index (κ1) is 15.7. The van der Waals surface area contributed by atoms with Crippen molar-refractivity contribution in [2.24, 2.45) is 5.41 Å². The summed E-state index contributed by atoms with van der Waals surface area (Å²) in [6, 6.07) is 7.94. The lowest BCUT2D eigenvalue weighted by molar-refractivity contribution is -0.151. The fourth-order valence-corrected chi connectivity index (χ4v) is 3.49. The normalized spacial score (nSPS) is 28.0. The van der Waals surface area contributed by atoms with E-state index in [0.717, 1.165) is 17.5 Å². The van der Waals surface area contributed by atoms with Crippen LogP contribution in [0.15, 0.2) is 35.9 Å². The van der Waals surface area contributed by atoms with Crippen LogP contribution in [0.1, 0.15) is 51.7 Å². The molecule has 22 heavy (non-hydrogen) atoms. The molecule has 1 heterocycles. The quantitative estimate of drug-likeness (QED) is 0.843. The van der Waals surface area contributed by atoms with Crippen molar-refractivity contribution in [2.75, 3.05) is 13.2 Å². The smallest absolute Gasteiger partial charge is 0.192 e. The number of hydrogen-bond donors (Lipinski definition) is 1. The zero-order valence-electron chi connectivity index (χ0n) is 14.0. The Labute approximate surface area is 132 Å². The lowest BCUT2D eigenvalue weighted by Gasteiger charge is -2.31. The maximum absolute atomic E-state index is 11.3. The summed E-state index contributed by atoms with van der Waals surface area (Å²) in [5.74, 6) is -0.759. The Kier molecular flexibility index (Phi) is 3.71. The Balaban J connectivity index is 2.05. The Morgan fingerprint density at radius 1 is 1.05 bits per heavy atom. The molecule has 1 atom stereocenters. The molecule has 0 amide bonds. The van der Waals surface area contributed by atoms with Crippen LogP contribution >= 0.6 is 0 Å². The lowest BCUT2D eigenvalue weighted by atomic mass is 9.85. The van der Waals surface area contributed by atoms with Crippen molar-refractivity contribution in [1.82, 2.24) is 0 Å². The van der Waals surface area contributed by atoms with Crippen LogP contribution in [-0.2, 0) is 20.9 Å². The first-order chi connectivity index (χ1) is 10.2. The second kappa shape index (κ2) is 5.19. The summed E-state index contributed by atoms with van der Waals surface area (Å²) in [5.41, 5.74) is 2.30. The Morgan fingerprint density at radius 3 is 2.18 bits per heavy atom. The van der Waals surface area contributed by atoms with Crippen molar-refractivity contribution in [3.8, 4) is 0 Å². The third-order valence-corrected chi connectivity index (χ3v) is 4.87. The highest BCUT2D eigenvalue weighted by atomic mass is 16.7. The molecule has 0 radical (unpaired) electrons. The molecule has 1 aliphatic carbocycles. The van der Waals surface area contributed by atoms with Crippen molar-refractivity contribution in [1.29, 1.82) is 0 Å². The molecule has 1 unspecified atom stereocenters. The van der Waals surface area contributed by atoms with Crippen LogP contribution in [0.4, 0.5) is 0 Å². The van der Waals surface area contributed by atoms with Crippen LogP contribution in [0.2, 0.25) is 0 Å². The molecular weight excluding hydrogens is 276 g/mol. The van der Waals surface area contributed by atoms with E-state index in [-0.39, 0.29) is 5.41 Å². The Morgan fingerprint density at radius 2 is 1.64 bits per heavy atom. The van der Waals surface area contributed by atoms with Crippen LogP contribution in [0.5, 0.6) is 0 Å². The van der Waals surface area contributed by atoms with E-state index in [9.17, 15) is 5.11 Å². The molecule has 1 aliphatic heterocycles. The minimum absolute atomic E-state index is 0.0870. The van der Waals surface area contributed by atoms with E-state index in [1.807, 2.05) is 37.3 Å². The monoisotopic (exact) mass is 302 g/mol. The SMILES string of the molecule is CC(C)(C)C1=CC(O)(c2ccccc2C2(C)OCCO2)CC1. The number of rotatable bonds is 2. The molecule has 1 saturated heterocycles. The molecule has 120 valence electrons. The van der Waals surface area contributed by atoms with Crippen LogP contribution in [0.25, 0.3) is 0 Å². The highest BCUT2D eigenvalue weighted by molar-refractivity contribution is 5.42. The molecule has 1 aromatic rings. The summed E-state index contributed by atoms with van der Waals surface area (Å²) in [4.78, 5) is 0. The largest absolute Gasteiger partial charge is 0.381 e. The Bertz CT molecular complexity index is 591. The molecule has 0 bridgehead atoms. The van der Waals surface area contributed by atoms with Gasteiger partial charge in [0.15, 0.2) is 5.79 Å². The average molecular weight is 302 g/mol. The fourth-order valence-electron chi connectivity index (χ4n) is 3.49. The maximum atomic E-state index is 11.3. The number of ether oxygens (including phenoxy) is 2. The highest BCUT2D eigenvalue weighted by Gasteiger charge is 2.42. The molecule has 0 saturated carbocycles. The van der Waals surface area contributed by atoms with E-state index in [1.54, 1.807) is 0 Å². The van der Waals surface area contributed by atoms with Gasteiger partial charge in [0.05, 0.1) is 13.2 Å². The van der Waals surface area contributed by atoms with Gasteiger partial charge in [-0.25, -0.2) is 0 Å². The standard InChI is InChI=1S/C19H26O3/c1-17(2,3)14-9-10-19(20,13-14)16-8-6-5-7-15(16)18(4)21-11-12-22-18/h5-8,13,20H,9-12H2,1-4H3. The summed E-state index contributed by atoms with van der Waals surface area (Å²) in [6.07, 6.45) is 3.68. The summed E-state index contributed by atoms with van der Waals surface area (Å²) < 4.78 is 11.6. The third kappa shape index (κ3) is 2.62. The summed E-state index contributed by atoms with van der Waals surface area (Å²) in [5, 5.41) is 11.3. The average Bonchev–Trinajstić information content (AvgIpc) is 3.07. The van der Waals surface area contributed by atoms with Gasteiger partial charge in [0.1, 0.15) is 5.60 Å². The fraction of sp³-hybridized carbons (Fsp3) is 0.579. The van der Waals surface area contributed by atoms with Gasteiger partial charge in [0.2, 0.25) is 0 Å². The van der Waals surface area contributed by atoms with E-state index in [0.29, 0.717) is 19.6 Å². The lowest BCUT2D eigenvalue weighted by Crippen LogP contribution is -2.30. The third-order valence-electron chi connectivity index (χ3n) is 4.87. The van der Waals surface area contributed by atoms with Gasteiger partial charge in [0, 0.05) is 5.56 Å². The number of benzene rings is 1. The van der Waals surface area contributed by atoms with E-state index in [4.69, 9.17) is 9.47 Å². The van der Waals surface area contributed by atoms with Crippen molar-refractivity contribution in [3.63, 3.8) is 0 Å².